The minimum absolute atomic E-state index is 0.00267. The first kappa shape index (κ1) is 11.1. The molecule has 1 aliphatic rings. The van der Waals surface area contributed by atoms with Gasteiger partial charge in [-0.2, -0.15) is 0 Å². The van der Waals surface area contributed by atoms with Gasteiger partial charge in [-0.25, -0.2) is 9.78 Å². The molecule has 2 rings (SSSR count). The first-order valence-electron chi connectivity index (χ1n) is 5.04. The number of rotatable bonds is 3. The number of nitrogens with one attached hydrogen (secondary N) is 2. The highest BCUT2D eigenvalue weighted by Gasteiger charge is 2.19. The number of aliphatic hydroxyl groups is 1. The number of nitrogens with zero attached hydrogens (tertiary/aromatic N) is 1. The first-order chi connectivity index (χ1) is 7.78. The molecule has 0 aliphatic heterocycles. The molecular formula is C10H13N3O2S. The van der Waals surface area contributed by atoms with Crippen molar-refractivity contribution in [2.75, 3.05) is 11.9 Å². The Kier molecular flexibility index (Phi) is 3.53. The molecule has 16 heavy (non-hydrogen) atoms. The lowest BCUT2D eigenvalue weighted by molar-refractivity contribution is 0.238. The van der Waals surface area contributed by atoms with Crippen molar-refractivity contribution in [1.82, 2.24) is 10.3 Å². The highest BCUT2D eigenvalue weighted by Crippen LogP contribution is 2.17. The van der Waals surface area contributed by atoms with Crippen LogP contribution >= 0.6 is 11.3 Å². The second-order valence-corrected chi connectivity index (χ2v) is 4.50. The van der Waals surface area contributed by atoms with Gasteiger partial charge < -0.3 is 10.4 Å². The van der Waals surface area contributed by atoms with Crippen molar-refractivity contribution in [1.29, 1.82) is 0 Å². The van der Waals surface area contributed by atoms with Crippen molar-refractivity contribution in [3.8, 4) is 0 Å². The van der Waals surface area contributed by atoms with E-state index in [4.69, 9.17) is 5.11 Å². The number of thiazole rings is 1. The van der Waals surface area contributed by atoms with Gasteiger partial charge in [0, 0.05) is 30.1 Å². The van der Waals surface area contributed by atoms with Crippen molar-refractivity contribution in [2.24, 2.45) is 5.92 Å². The van der Waals surface area contributed by atoms with Gasteiger partial charge in [0.1, 0.15) is 0 Å². The largest absolute Gasteiger partial charge is 0.396 e. The van der Waals surface area contributed by atoms with Crippen LogP contribution in [-0.2, 0) is 0 Å². The van der Waals surface area contributed by atoms with Crippen molar-refractivity contribution in [2.45, 2.75) is 12.5 Å². The molecule has 0 saturated carbocycles. The third-order valence-corrected chi connectivity index (χ3v) is 3.06. The first-order valence-corrected chi connectivity index (χ1v) is 5.92. The Morgan fingerprint density at radius 2 is 2.50 bits per heavy atom. The smallest absolute Gasteiger partial charge is 0.321 e. The summed E-state index contributed by atoms with van der Waals surface area (Å²) in [5.74, 6) is 0.158. The van der Waals surface area contributed by atoms with Crippen molar-refractivity contribution in [3.63, 3.8) is 0 Å². The Balaban J connectivity index is 1.78. The van der Waals surface area contributed by atoms with Gasteiger partial charge in [0.15, 0.2) is 5.13 Å². The van der Waals surface area contributed by atoms with E-state index in [2.05, 4.69) is 15.6 Å². The molecular weight excluding hydrogens is 226 g/mol. The monoisotopic (exact) mass is 239 g/mol. The molecule has 5 nitrogen and oxygen atoms in total. The van der Waals surface area contributed by atoms with Crippen molar-refractivity contribution < 1.29 is 9.90 Å². The van der Waals surface area contributed by atoms with Crippen LogP contribution in [0, 0.1) is 5.92 Å². The summed E-state index contributed by atoms with van der Waals surface area (Å²) < 4.78 is 0. The van der Waals surface area contributed by atoms with Crippen molar-refractivity contribution >= 4 is 22.5 Å². The maximum Gasteiger partial charge on any atom is 0.321 e. The average molecular weight is 239 g/mol. The Bertz CT molecular complexity index is 377. The van der Waals surface area contributed by atoms with Crippen LogP contribution in [0.1, 0.15) is 6.42 Å². The number of amides is 2. The second-order valence-electron chi connectivity index (χ2n) is 3.61. The van der Waals surface area contributed by atoms with Gasteiger partial charge in [0.2, 0.25) is 0 Å². The Labute approximate surface area is 97.2 Å². The number of carbonyl (C=O) groups excluding carboxylic acids is 1. The van der Waals surface area contributed by atoms with Crippen LogP contribution in [0.25, 0.3) is 0 Å². The molecule has 0 spiro atoms. The highest BCUT2D eigenvalue weighted by molar-refractivity contribution is 7.13. The van der Waals surface area contributed by atoms with E-state index in [-0.39, 0.29) is 24.6 Å². The molecule has 0 saturated heterocycles. The van der Waals surface area contributed by atoms with E-state index in [1.807, 2.05) is 12.2 Å². The lowest BCUT2D eigenvalue weighted by Gasteiger charge is -2.12. The van der Waals surface area contributed by atoms with Gasteiger partial charge >= 0.3 is 6.03 Å². The summed E-state index contributed by atoms with van der Waals surface area (Å²) in [5, 5.41) is 16.8. The normalized spacial score (nSPS) is 23.3. The van der Waals surface area contributed by atoms with Crippen molar-refractivity contribution in [3.05, 3.63) is 23.7 Å². The number of urea groups is 1. The zero-order valence-corrected chi connectivity index (χ0v) is 9.41. The molecule has 0 bridgehead atoms. The molecule has 0 radical (unpaired) electrons. The fraction of sp³-hybridized carbons (Fsp3) is 0.400. The summed E-state index contributed by atoms with van der Waals surface area (Å²) in [6, 6.07) is -0.264. The number of carbonyl (C=O) groups is 1. The highest BCUT2D eigenvalue weighted by atomic mass is 32.1. The van der Waals surface area contributed by atoms with Gasteiger partial charge in [-0.1, -0.05) is 12.2 Å². The molecule has 1 aromatic rings. The van der Waals surface area contributed by atoms with Gasteiger partial charge in [0.05, 0.1) is 0 Å². The number of hydrogen-bond acceptors (Lipinski definition) is 4. The van der Waals surface area contributed by atoms with E-state index >= 15 is 0 Å². The molecule has 0 aromatic carbocycles. The second kappa shape index (κ2) is 5.09. The molecule has 2 amide bonds. The van der Waals surface area contributed by atoms with E-state index in [0.29, 0.717) is 5.13 Å². The zero-order chi connectivity index (χ0) is 11.4. The SMILES string of the molecule is O=C(Nc1nccs1)N[C@@H]1C=C[C@H](CO)C1. The Morgan fingerprint density at radius 3 is 3.12 bits per heavy atom. The summed E-state index contributed by atoms with van der Waals surface area (Å²) in [4.78, 5) is 15.5. The fourth-order valence-electron chi connectivity index (χ4n) is 1.60. The molecule has 0 fully saturated rings. The predicted octanol–water partition coefficient (Wildman–Crippen LogP) is 1.20. The number of aliphatic hydroxyl groups excluding tert-OH is 1. The molecule has 2 atom stereocenters. The maximum absolute atomic E-state index is 11.5. The van der Waals surface area contributed by atoms with Gasteiger partial charge in [-0.05, 0) is 6.42 Å². The molecule has 1 aliphatic carbocycles. The standard InChI is InChI=1S/C10H13N3O2S/c14-6-7-1-2-8(5-7)12-9(15)13-10-11-3-4-16-10/h1-4,7-8,14H,5-6H2,(H2,11,12,13,15)/t7-,8+/m0/s1. The predicted molar refractivity (Wildman–Crippen MR) is 62.4 cm³/mol. The molecule has 86 valence electrons. The number of aromatic nitrogens is 1. The lowest BCUT2D eigenvalue weighted by Crippen LogP contribution is -2.36. The van der Waals surface area contributed by atoms with Gasteiger partial charge in [-0.3, -0.25) is 5.32 Å². The number of anilines is 1. The fourth-order valence-corrected chi connectivity index (χ4v) is 2.13. The average Bonchev–Trinajstić information content (AvgIpc) is 2.89. The quantitative estimate of drug-likeness (QED) is 0.694. The van der Waals surface area contributed by atoms with E-state index in [1.165, 1.54) is 11.3 Å². The third kappa shape index (κ3) is 2.80. The lowest BCUT2D eigenvalue weighted by atomic mass is 10.1. The Hall–Kier alpha value is -1.40. The van der Waals surface area contributed by atoms with Crippen LogP contribution in [0.3, 0.4) is 0 Å². The summed E-state index contributed by atoms with van der Waals surface area (Å²) in [6.07, 6.45) is 6.22. The summed E-state index contributed by atoms with van der Waals surface area (Å²) >= 11 is 1.37. The Morgan fingerprint density at radius 1 is 1.62 bits per heavy atom. The molecule has 1 heterocycles. The van der Waals surface area contributed by atoms with Crippen LogP contribution in [0.2, 0.25) is 0 Å². The van der Waals surface area contributed by atoms with Crippen LogP contribution in [0.5, 0.6) is 0 Å². The van der Waals surface area contributed by atoms with E-state index in [0.717, 1.165) is 6.42 Å². The zero-order valence-electron chi connectivity index (χ0n) is 8.59. The maximum atomic E-state index is 11.5. The third-order valence-electron chi connectivity index (χ3n) is 2.38. The molecule has 1 aromatic heterocycles. The van der Waals surface area contributed by atoms with Crippen LogP contribution in [0.15, 0.2) is 23.7 Å². The van der Waals surface area contributed by atoms with Gasteiger partial charge in [0.25, 0.3) is 0 Å². The molecule has 0 unspecified atom stereocenters. The van der Waals surface area contributed by atoms with Gasteiger partial charge in [-0.15, -0.1) is 11.3 Å². The van der Waals surface area contributed by atoms with Crippen LogP contribution in [-0.4, -0.2) is 28.8 Å². The minimum Gasteiger partial charge on any atom is -0.396 e. The summed E-state index contributed by atoms with van der Waals surface area (Å²) in [7, 11) is 0. The number of hydrogen-bond donors (Lipinski definition) is 3. The minimum atomic E-state index is -0.261. The summed E-state index contributed by atoms with van der Waals surface area (Å²) in [5.41, 5.74) is 0. The van der Waals surface area contributed by atoms with Crippen LogP contribution in [0.4, 0.5) is 9.93 Å². The topological polar surface area (TPSA) is 74.2 Å². The van der Waals surface area contributed by atoms with Crippen LogP contribution < -0.4 is 10.6 Å². The van der Waals surface area contributed by atoms with E-state index in [1.54, 1.807) is 11.6 Å². The molecule has 6 heteroatoms. The van der Waals surface area contributed by atoms with E-state index in [9.17, 15) is 4.79 Å². The molecule has 3 N–H and O–H groups in total. The summed E-state index contributed by atoms with van der Waals surface area (Å²) in [6.45, 7) is 0.128. The van der Waals surface area contributed by atoms with E-state index < -0.39 is 0 Å².